The van der Waals surface area contributed by atoms with Crippen molar-refractivity contribution in [3.63, 3.8) is 0 Å². The molecule has 1 aromatic carbocycles. The molecule has 186 valence electrons. The van der Waals surface area contributed by atoms with Gasteiger partial charge in [-0.2, -0.15) is 0 Å². The van der Waals surface area contributed by atoms with Crippen LogP contribution < -0.4 is 10.6 Å². The Labute approximate surface area is 210 Å². The Hall–Kier alpha value is -3.89. The molecule has 8 nitrogen and oxygen atoms in total. The van der Waals surface area contributed by atoms with Crippen LogP contribution in [0.5, 0.6) is 5.75 Å². The van der Waals surface area contributed by atoms with Crippen LogP contribution in [0.25, 0.3) is 10.9 Å². The van der Waals surface area contributed by atoms with Crippen molar-refractivity contribution in [3.05, 3.63) is 87.3 Å². The third-order valence-electron chi connectivity index (χ3n) is 5.60. The van der Waals surface area contributed by atoms with Gasteiger partial charge in [0.1, 0.15) is 17.0 Å². The molecule has 0 saturated carbocycles. The Balaban J connectivity index is 1.72. The van der Waals surface area contributed by atoms with E-state index in [1.165, 1.54) is 29.7 Å². The first-order valence-electron chi connectivity index (χ1n) is 11.4. The molecule has 4 N–H and O–H groups in total. The average molecular weight is 509 g/mol. The maximum atomic E-state index is 13.3. The number of aromatic hydroxyl groups is 1. The van der Waals surface area contributed by atoms with Gasteiger partial charge in [-0.1, -0.05) is 25.1 Å². The Morgan fingerprint density at radius 1 is 1.08 bits per heavy atom. The minimum absolute atomic E-state index is 0.0293. The number of aliphatic hydroxyl groups is 1. The summed E-state index contributed by atoms with van der Waals surface area (Å²) >= 11 is 1.49. The quantitative estimate of drug-likeness (QED) is 0.274. The zero-order valence-corrected chi connectivity index (χ0v) is 20.3. The summed E-state index contributed by atoms with van der Waals surface area (Å²) in [5, 5.41) is 28.1. The van der Waals surface area contributed by atoms with Crippen LogP contribution in [0.2, 0.25) is 0 Å². The number of thiophene rings is 1. The van der Waals surface area contributed by atoms with Gasteiger partial charge in [0.05, 0.1) is 12.6 Å². The molecule has 0 aliphatic rings. The summed E-state index contributed by atoms with van der Waals surface area (Å²) in [6.45, 7) is 2.01. The van der Waals surface area contributed by atoms with E-state index in [1.807, 2.05) is 17.5 Å². The number of benzene rings is 1. The number of fused-ring (bicyclic) bond motifs is 1. The second kappa shape index (κ2) is 11.2. The number of hydrogen-bond donors (Lipinski definition) is 4. The van der Waals surface area contributed by atoms with E-state index in [9.17, 15) is 24.2 Å². The summed E-state index contributed by atoms with van der Waals surface area (Å²) in [5.74, 6) is -2.06. The van der Waals surface area contributed by atoms with Crippen molar-refractivity contribution in [1.29, 1.82) is 0 Å². The second-order valence-corrected chi connectivity index (χ2v) is 9.27. The number of aliphatic hydroxyl groups excluding tert-OH is 1. The third-order valence-corrected chi connectivity index (χ3v) is 6.47. The molecule has 0 aliphatic heterocycles. The number of halogens is 1. The van der Waals surface area contributed by atoms with E-state index in [1.54, 1.807) is 25.1 Å². The molecule has 3 heterocycles. The van der Waals surface area contributed by atoms with Crippen molar-refractivity contribution in [1.82, 2.24) is 20.6 Å². The van der Waals surface area contributed by atoms with Crippen LogP contribution in [-0.4, -0.2) is 44.6 Å². The molecule has 0 aliphatic carbocycles. The van der Waals surface area contributed by atoms with Gasteiger partial charge in [0.2, 0.25) is 0 Å². The monoisotopic (exact) mass is 508 g/mol. The Morgan fingerprint density at radius 2 is 1.83 bits per heavy atom. The minimum atomic E-state index is -0.753. The van der Waals surface area contributed by atoms with Crippen molar-refractivity contribution in [2.45, 2.75) is 32.4 Å². The number of pyridine rings is 2. The van der Waals surface area contributed by atoms with Crippen LogP contribution >= 0.6 is 11.3 Å². The molecule has 2 amide bonds. The molecular weight excluding hydrogens is 483 g/mol. The Bertz CT molecular complexity index is 1380. The summed E-state index contributed by atoms with van der Waals surface area (Å²) in [4.78, 5) is 35.4. The normalized spacial score (nSPS) is 11.9. The van der Waals surface area contributed by atoms with Crippen LogP contribution in [0.3, 0.4) is 0 Å². The molecule has 36 heavy (non-hydrogen) atoms. The number of amides is 2. The lowest BCUT2D eigenvalue weighted by Gasteiger charge is -2.14. The smallest absolute Gasteiger partial charge is 0.273 e. The highest BCUT2D eigenvalue weighted by Crippen LogP contribution is 2.29. The summed E-state index contributed by atoms with van der Waals surface area (Å²) in [5.41, 5.74) is 1.19. The maximum Gasteiger partial charge on any atom is 0.273 e. The third kappa shape index (κ3) is 5.84. The summed E-state index contributed by atoms with van der Waals surface area (Å²) in [6.07, 6.45) is 1.63. The molecule has 10 heteroatoms. The topological polar surface area (TPSA) is 124 Å². The van der Waals surface area contributed by atoms with Gasteiger partial charge in [0.25, 0.3) is 11.8 Å². The van der Waals surface area contributed by atoms with Gasteiger partial charge in [0.15, 0.2) is 11.4 Å². The van der Waals surface area contributed by atoms with E-state index in [0.717, 1.165) is 10.4 Å². The molecule has 0 saturated heterocycles. The highest BCUT2D eigenvalue weighted by Gasteiger charge is 2.24. The van der Waals surface area contributed by atoms with E-state index in [2.05, 4.69) is 20.6 Å². The largest absolute Gasteiger partial charge is 0.504 e. The number of carbonyl (C=O) groups excluding carboxylic acids is 2. The van der Waals surface area contributed by atoms with Gasteiger partial charge in [-0.05, 0) is 53.6 Å². The highest BCUT2D eigenvalue weighted by molar-refractivity contribution is 7.09. The maximum absolute atomic E-state index is 13.3. The standard InChI is InChI=1S/C26H25FN4O4S/c1-2-18(32)13-29-26(35)23-24(33)21-20(22(31-23)25(34)30-14-19-4-3-9-36-19)11-16(12-28-21)10-15-5-7-17(27)8-6-15/h3-9,11-12,18,32-33H,2,10,13-14H2,1H3,(H,29,35)(H,30,34). The van der Waals surface area contributed by atoms with Crippen LogP contribution in [0.15, 0.2) is 54.0 Å². The van der Waals surface area contributed by atoms with Crippen molar-refractivity contribution in [2.24, 2.45) is 0 Å². The number of carbonyl (C=O) groups is 2. The molecular formula is C26H25FN4O4S. The van der Waals surface area contributed by atoms with Gasteiger partial charge in [0, 0.05) is 23.0 Å². The molecule has 1 unspecified atom stereocenters. The van der Waals surface area contributed by atoms with Crippen LogP contribution in [0.1, 0.15) is 50.3 Å². The SMILES string of the molecule is CCC(O)CNC(=O)c1nc(C(=O)NCc2cccs2)c2cc(Cc3ccc(F)cc3)cnc2c1O. The van der Waals surface area contributed by atoms with Gasteiger partial charge in [-0.15, -0.1) is 11.3 Å². The lowest BCUT2D eigenvalue weighted by atomic mass is 10.0. The molecule has 0 spiro atoms. The Kier molecular flexibility index (Phi) is 7.87. The fourth-order valence-electron chi connectivity index (χ4n) is 3.58. The van der Waals surface area contributed by atoms with E-state index >= 15 is 0 Å². The predicted octanol–water partition coefficient (Wildman–Crippen LogP) is 3.56. The fraction of sp³-hybridized carbons (Fsp3) is 0.231. The van der Waals surface area contributed by atoms with Crippen molar-refractivity contribution in [2.75, 3.05) is 6.54 Å². The van der Waals surface area contributed by atoms with Gasteiger partial charge < -0.3 is 20.8 Å². The van der Waals surface area contributed by atoms with E-state index in [4.69, 9.17) is 0 Å². The van der Waals surface area contributed by atoms with E-state index in [0.29, 0.717) is 18.4 Å². The lowest BCUT2D eigenvalue weighted by molar-refractivity contribution is 0.0905. The summed E-state index contributed by atoms with van der Waals surface area (Å²) < 4.78 is 13.3. The van der Waals surface area contributed by atoms with Crippen molar-refractivity contribution in [3.8, 4) is 5.75 Å². The first-order chi connectivity index (χ1) is 17.4. The number of hydrogen-bond acceptors (Lipinski definition) is 7. The molecule has 4 rings (SSSR count). The predicted molar refractivity (Wildman–Crippen MR) is 135 cm³/mol. The van der Waals surface area contributed by atoms with E-state index < -0.39 is 23.7 Å². The van der Waals surface area contributed by atoms with Crippen LogP contribution in [-0.2, 0) is 13.0 Å². The number of nitrogens with zero attached hydrogens (tertiary/aromatic N) is 2. The summed E-state index contributed by atoms with van der Waals surface area (Å²) in [6, 6.07) is 11.5. The average Bonchev–Trinajstić information content (AvgIpc) is 3.41. The molecule has 3 aromatic heterocycles. The molecule has 0 radical (unpaired) electrons. The zero-order chi connectivity index (χ0) is 25.7. The minimum Gasteiger partial charge on any atom is -0.504 e. The molecule has 0 fully saturated rings. The molecule has 0 bridgehead atoms. The Morgan fingerprint density at radius 3 is 2.53 bits per heavy atom. The number of aromatic nitrogens is 2. The number of rotatable bonds is 9. The van der Waals surface area contributed by atoms with Crippen molar-refractivity contribution < 1.29 is 24.2 Å². The zero-order valence-electron chi connectivity index (χ0n) is 19.5. The second-order valence-electron chi connectivity index (χ2n) is 8.23. The fourth-order valence-corrected chi connectivity index (χ4v) is 4.23. The lowest BCUT2D eigenvalue weighted by Crippen LogP contribution is -2.33. The summed E-state index contributed by atoms with van der Waals surface area (Å²) in [7, 11) is 0. The van der Waals surface area contributed by atoms with Crippen molar-refractivity contribution >= 4 is 34.1 Å². The van der Waals surface area contributed by atoms with Gasteiger partial charge in [-0.3, -0.25) is 14.6 Å². The van der Waals surface area contributed by atoms with Gasteiger partial charge in [-0.25, -0.2) is 9.37 Å². The number of nitrogens with one attached hydrogen (secondary N) is 2. The molecule has 4 aromatic rings. The van der Waals surface area contributed by atoms with Gasteiger partial charge >= 0.3 is 0 Å². The molecule has 1 atom stereocenters. The van der Waals surface area contributed by atoms with Crippen LogP contribution in [0.4, 0.5) is 4.39 Å². The van der Waals surface area contributed by atoms with Crippen LogP contribution in [0, 0.1) is 5.82 Å². The first-order valence-corrected chi connectivity index (χ1v) is 12.3. The van der Waals surface area contributed by atoms with E-state index in [-0.39, 0.29) is 41.2 Å². The first kappa shape index (κ1) is 25.2. The highest BCUT2D eigenvalue weighted by atomic mass is 32.1.